The first kappa shape index (κ1) is 23.4. The van der Waals surface area contributed by atoms with Crippen molar-refractivity contribution < 1.29 is 9.53 Å². The third kappa shape index (κ3) is 5.28. The minimum Gasteiger partial charge on any atom is -0.462 e. The van der Waals surface area contributed by atoms with Gasteiger partial charge in [0.05, 0.1) is 35.8 Å². The molecule has 2 aromatic heterocycles. The molecule has 0 atom stereocenters. The molecule has 1 aliphatic carbocycles. The van der Waals surface area contributed by atoms with Crippen molar-refractivity contribution >= 4 is 45.3 Å². The van der Waals surface area contributed by atoms with E-state index in [9.17, 15) is 4.79 Å². The van der Waals surface area contributed by atoms with E-state index in [1.165, 1.54) is 16.9 Å². The summed E-state index contributed by atoms with van der Waals surface area (Å²) in [7, 11) is 0. The summed E-state index contributed by atoms with van der Waals surface area (Å²) in [5, 5.41) is 12.5. The second-order valence-electron chi connectivity index (χ2n) is 8.26. The number of aryl methyl sites for hydroxylation is 2. The number of anilines is 2. The summed E-state index contributed by atoms with van der Waals surface area (Å²) in [6.07, 6.45) is 5.34. The summed E-state index contributed by atoms with van der Waals surface area (Å²) >= 11 is 7.27. The van der Waals surface area contributed by atoms with E-state index in [2.05, 4.69) is 22.8 Å². The third-order valence-electron chi connectivity index (χ3n) is 5.92. The standard InChI is InChI=1S/C25H30N4O2S2/c1-4-31-24(30)21-19-13-9-6-10-14-20(19)33-23(21)27-25(32)26-22-16(2)28-29(17(22)3)15-18-11-7-5-8-12-18/h5,7-8,11-12H,4,6,9-10,13-15H2,1-3H3,(H2,26,27,32). The smallest absolute Gasteiger partial charge is 0.341 e. The number of thiophene rings is 1. The van der Waals surface area contributed by atoms with Crippen molar-refractivity contribution in [1.29, 1.82) is 0 Å². The highest BCUT2D eigenvalue weighted by molar-refractivity contribution is 7.80. The third-order valence-corrected chi connectivity index (χ3v) is 7.33. The average molecular weight is 483 g/mol. The van der Waals surface area contributed by atoms with Gasteiger partial charge in [-0.1, -0.05) is 36.8 Å². The molecule has 0 saturated carbocycles. The lowest BCUT2D eigenvalue weighted by Crippen LogP contribution is -2.21. The van der Waals surface area contributed by atoms with Crippen molar-refractivity contribution in [3.05, 3.63) is 63.3 Å². The van der Waals surface area contributed by atoms with Gasteiger partial charge in [0.1, 0.15) is 5.00 Å². The maximum Gasteiger partial charge on any atom is 0.341 e. The second-order valence-corrected chi connectivity index (χ2v) is 9.77. The summed E-state index contributed by atoms with van der Waals surface area (Å²) < 4.78 is 7.36. The Kier molecular flexibility index (Phi) is 7.45. The fraction of sp³-hybridized carbons (Fsp3) is 0.400. The molecule has 0 aliphatic heterocycles. The molecule has 174 valence electrons. The number of fused-ring (bicyclic) bond motifs is 1. The van der Waals surface area contributed by atoms with Crippen molar-refractivity contribution in [3.63, 3.8) is 0 Å². The number of nitrogens with one attached hydrogen (secondary N) is 2. The highest BCUT2D eigenvalue weighted by Crippen LogP contribution is 2.38. The number of nitrogens with zero attached hydrogens (tertiary/aromatic N) is 2. The van der Waals surface area contributed by atoms with E-state index < -0.39 is 0 Å². The molecular formula is C25H30N4O2S2. The summed E-state index contributed by atoms with van der Waals surface area (Å²) in [5.41, 5.74) is 5.74. The zero-order valence-corrected chi connectivity index (χ0v) is 21.0. The Labute approximate surface area is 204 Å². The average Bonchev–Trinajstić information content (AvgIpc) is 3.14. The van der Waals surface area contributed by atoms with Gasteiger partial charge in [0, 0.05) is 4.88 Å². The molecule has 6 nitrogen and oxygen atoms in total. The molecule has 0 radical (unpaired) electrons. The molecule has 33 heavy (non-hydrogen) atoms. The number of aromatic nitrogens is 2. The van der Waals surface area contributed by atoms with Crippen molar-refractivity contribution in [1.82, 2.24) is 9.78 Å². The number of rotatable bonds is 6. The number of benzene rings is 1. The van der Waals surface area contributed by atoms with Gasteiger partial charge in [-0.05, 0) is 69.8 Å². The van der Waals surface area contributed by atoms with Crippen molar-refractivity contribution in [2.24, 2.45) is 0 Å². The highest BCUT2D eigenvalue weighted by Gasteiger charge is 2.26. The number of hydrogen-bond acceptors (Lipinski definition) is 5. The first-order valence-electron chi connectivity index (χ1n) is 11.5. The highest BCUT2D eigenvalue weighted by atomic mass is 32.1. The maximum absolute atomic E-state index is 12.8. The molecule has 4 rings (SSSR count). The van der Waals surface area contributed by atoms with E-state index in [-0.39, 0.29) is 5.97 Å². The van der Waals surface area contributed by atoms with Crippen LogP contribution in [0.4, 0.5) is 10.7 Å². The quantitative estimate of drug-likeness (QED) is 0.260. The largest absolute Gasteiger partial charge is 0.462 e. The van der Waals surface area contributed by atoms with Crippen molar-refractivity contribution in [3.8, 4) is 0 Å². The zero-order valence-electron chi connectivity index (χ0n) is 19.4. The lowest BCUT2D eigenvalue weighted by atomic mass is 10.1. The summed E-state index contributed by atoms with van der Waals surface area (Å²) in [5.74, 6) is -0.273. The molecule has 0 spiro atoms. The van der Waals surface area contributed by atoms with Crippen LogP contribution in [0, 0.1) is 13.8 Å². The summed E-state index contributed by atoms with van der Waals surface area (Å²) in [4.78, 5) is 14.1. The van der Waals surface area contributed by atoms with Gasteiger partial charge in [0.15, 0.2) is 5.11 Å². The molecule has 2 N–H and O–H groups in total. The number of ether oxygens (including phenoxy) is 1. The molecule has 3 aromatic rings. The molecule has 0 saturated heterocycles. The van der Waals surface area contributed by atoms with Crippen LogP contribution in [0.25, 0.3) is 0 Å². The Morgan fingerprint density at radius 1 is 1.15 bits per heavy atom. The van der Waals surface area contributed by atoms with Crippen LogP contribution >= 0.6 is 23.6 Å². The molecule has 0 unspecified atom stereocenters. The molecule has 0 fully saturated rings. The second kappa shape index (κ2) is 10.5. The monoisotopic (exact) mass is 482 g/mol. The first-order valence-corrected chi connectivity index (χ1v) is 12.7. The SMILES string of the molecule is CCOC(=O)c1c(NC(=S)Nc2c(C)nn(Cc3ccccc3)c2C)sc2c1CCCCC2. The molecular weight excluding hydrogens is 452 g/mol. The van der Waals surface area contributed by atoms with E-state index >= 15 is 0 Å². The van der Waals surface area contributed by atoms with Crippen LogP contribution in [0.5, 0.6) is 0 Å². The van der Waals surface area contributed by atoms with Crippen LogP contribution in [0.15, 0.2) is 30.3 Å². The minimum absolute atomic E-state index is 0.273. The summed E-state index contributed by atoms with van der Waals surface area (Å²) in [6.45, 7) is 6.88. The van der Waals surface area contributed by atoms with Crippen LogP contribution < -0.4 is 10.6 Å². The van der Waals surface area contributed by atoms with E-state index in [4.69, 9.17) is 22.1 Å². The van der Waals surface area contributed by atoms with E-state index in [0.29, 0.717) is 23.8 Å². The van der Waals surface area contributed by atoms with Gasteiger partial charge in [-0.15, -0.1) is 11.3 Å². The lowest BCUT2D eigenvalue weighted by molar-refractivity contribution is 0.0527. The van der Waals surface area contributed by atoms with Crippen molar-refractivity contribution in [2.75, 3.05) is 17.2 Å². The van der Waals surface area contributed by atoms with Gasteiger partial charge in [-0.3, -0.25) is 4.68 Å². The van der Waals surface area contributed by atoms with Crippen LogP contribution in [0.3, 0.4) is 0 Å². The number of thiocarbonyl (C=S) groups is 1. The molecule has 1 aliphatic rings. The fourth-order valence-electron chi connectivity index (χ4n) is 4.29. The van der Waals surface area contributed by atoms with Crippen LogP contribution in [0.2, 0.25) is 0 Å². The first-order chi connectivity index (χ1) is 16.0. The Balaban J connectivity index is 1.54. The van der Waals surface area contributed by atoms with E-state index in [1.807, 2.05) is 43.7 Å². The summed E-state index contributed by atoms with van der Waals surface area (Å²) in [6, 6.07) is 10.3. The fourth-order valence-corrected chi connectivity index (χ4v) is 5.84. The van der Waals surface area contributed by atoms with Gasteiger partial charge < -0.3 is 15.4 Å². The normalized spacial score (nSPS) is 13.2. The topological polar surface area (TPSA) is 68.2 Å². The van der Waals surface area contributed by atoms with Crippen LogP contribution in [-0.2, 0) is 24.1 Å². The Hall–Kier alpha value is -2.71. The minimum atomic E-state index is -0.273. The van der Waals surface area contributed by atoms with E-state index in [1.54, 1.807) is 11.3 Å². The number of esters is 1. The molecule has 1 aromatic carbocycles. The Morgan fingerprint density at radius 2 is 1.91 bits per heavy atom. The predicted octanol–water partition coefficient (Wildman–Crippen LogP) is 5.86. The molecule has 0 bridgehead atoms. The van der Waals surface area contributed by atoms with E-state index in [0.717, 1.165) is 53.3 Å². The number of hydrogen-bond donors (Lipinski definition) is 2. The molecule has 0 amide bonds. The molecule has 2 heterocycles. The van der Waals surface area contributed by atoms with Gasteiger partial charge in [-0.25, -0.2) is 4.79 Å². The predicted molar refractivity (Wildman–Crippen MR) is 139 cm³/mol. The van der Waals surface area contributed by atoms with Gasteiger partial charge in [-0.2, -0.15) is 5.10 Å². The molecule has 8 heteroatoms. The van der Waals surface area contributed by atoms with Gasteiger partial charge >= 0.3 is 5.97 Å². The van der Waals surface area contributed by atoms with Gasteiger partial charge in [0.2, 0.25) is 0 Å². The van der Waals surface area contributed by atoms with Gasteiger partial charge in [0.25, 0.3) is 0 Å². The lowest BCUT2D eigenvalue weighted by Gasteiger charge is -2.12. The zero-order chi connectivity index (χ0) is 23.4. The maximum atomic E-state index is 12.8. The number of carbonyl (C=O) groups excluding carboxylic acids is 1. The van der Waals surface area contributed by atoms with Crippen molar-refractivity contribution in [2.45, 2.75) is 59.4 Å². The Morgan fingerprint density at radius 3 is 2.67 bits per heavy atom. The number of carbonyl (C=O) groups is 1. The van der Waals surface area contributed by atoms with Crippen LogP contribution in [0.1, 0.15) is 63.9 Å². The Bertz CT molecular complexity index is 1150. The van der Waals surface area contributed by atoms with Crippen LogP contribution in [-0.4, -0.2) is 27.5 Å².